The molecule has 0 aromatic heterocycles. The van der Waals surface area contributed by atoms with Crippen LogP contribution < -0.4 is 5.14 Å². The molecule has 0 spiro atoms. The van der Waals surface area contributed by atoms with Crippen molar-refractivity contribution in [1.82, 2.24) is 4.90 Å². The highest BCUT2D eigenvalue weighted by Gasteiger charge is 2.11. The summed E-state index contributed by atoms with van der Waals surface area (Å²) in [7, 11) is -1.50. The van der Waals surface area contributed by atoms with Gasteiger partial charge in [-0.1, -0.05) is 24.3 Å². The first-order valence-electron chi connectivity index (χ1n) is 7.73. The minimum Gasteiger partial charge on any atom is -0.341 e. The van der Waals surface area contributed by atoms with Gasteiger partial charge in [0.15, 0.2) is 0 Å². The molecular formula is C18H23N3O3S. The molecule has 7 heteroatoms. The number of benzene rings is 1. The Balaban J connectivity index is 2.66. The summed E-state index contributed by atoms with van der Waals surface area (Å²) in [6.07, 6.45) is 10.5. The SMILES string of the molecule is C#CC/C=C/CCC(=O)N(C)Cc1ccc(S(N)(=O)=NC(C)=O)cc1. The molecule has 1 unspecified atom stereocenters. The van der Waals surface area contributed by atoms with Crippen molar-refractivity contribution in [3.05, 3.63) is 42.0 Å². The topological polar surface area (TPSA) is 92.8 Å². The zero-order chi connectivity index (χ0) is 18.9. The Morgan fingerprint density at radius 1 is 1.32 bits per heavy atom. The molecule has 0 saturated carbocycles. The summed E-state index contributed by atoms with van der Waals surface area (Å²) in [5, 5.41) is 5.59. The number of hydrogen-bond donors (Lipinski definition) is 1. The Hall–Kier alpha value is -2.43. The Labute approximate surface area is 149 Å². The number of amides is 2. The van der Waals surface area contributed by atoms with Gasteiger partial charge < -0.3 is 4.90 Å². The van der Waals surface area contributed by atoms with Crippen LogP contribution in [0.4, 0.5) is 0 Å². The van der Waals surface area contributed by atoms with Gasteiger partial charge >= 0.3 is 0 Å². The Morgan fingerprint density at radius 3 is 2.52 bits per heavy atom. The van der Waals surface area contributed by atoms with E-state index in [1.54, 1.807) is 36.2 Å². The fourth-order valence-electron chi connectivity index (χ4n) is 2.06. The highest BCUT2D eigenvalue weighted by Crippen LogP contribution is 2.13. The lowest BCUT2D eigenvalue weighted by molar-refractivity contribution is -0.130. The largest absolute Gasteiger partial charge is 0.341 e. The lowest BCUT2D eigenvalue weighted by Crippen LogP contribution is -2.25. The molecule has 2 amide bonds. The number of terminal acetylenes is 1. The maximum atomic E-state index is 12.1. The second-order valence-corrected chi connectivity index (χ2v) is 7.28. The molecule has 0 aliphatic rings. The number of nitrogens with zero attached hydrogens (tertiary/aromatic N) is 2. The van der Waals surface area contributed by atoms with Crippen LogP contribution in [0.25, 0.3) is 0 Å². The van der Waals surface area contributed by atoms with Crippen LogP contribution in [0.2, 0.25) is 0 Å². The average Bonchev–Trinajstić information content (AvgIpc) is 2.53. The third kappa shape index (κ3) is 7.33. The van der Waals surface area contributed by atoms with Crippen molar-refractivity contribution in [2.75, 3.05) is 7.05 Å². The van der Waals surface area contributed by atoms with Gasteiger partial charge in [-0.25, -0.2) is 9.35 Å². The van der Waals surface area contributed by atoms with Crippen molar-refractivity contribution < 1.29 is 13.8 Å². The van der Waals surface area contributed by atoms with Gasteiger partial charge in [-0.3, -0.25) is 9.59 Å². The van der Waals surface area contributed by atoms with Gasteiger partial charge in [0.05, 0.1) is 4.90 Å². The molecule has 1 atom stereocenters. The number of carbonyl (C=O) groups excluding carboxylic acids is 2. The highest BCUT2D eigenvalue weighted by atomic mass is 32.2. The molecule has 0 aliphatic heterocycles. The molecule has 1 aromatic carbocycles. The quantitative estimate of drug-likeness (QED) is 0.596. The lowest BCUT2D eigenvalue weighted by atomic mass is 10.2. The van der Waals surface area contributed by atoms with Gasteiger partial charge in [0, 0.05) is 33.4 Å². The van der Waals surface area contributed by atoms with Gasteiger partial charge in [0.1, 0.15) is 9.92 Å². The van der Waals surface area contributed by atoms with E-state index in [1.807, 2.05) is 12.2 Å². The molecule has 0 fully saturated rings. The third-order valence-corrected chi connectivity index (χ3v) is 4.77. The third-order valence-electron chi connectivity index (χ3n) is 3.30. The Morgan fingerprint density at radius 2 is 1.96 bits per heavy atom. The van der Waals surface area contributed by atoms with E-state index in [4.69, 9.17) is 11.6 Å². The second-order valence-electron chi connectivity index (χ2n) is 5.49. The molecule has 6 nitrogen and oxygen atoms in total. The van der Waals surface area contributed by atoms with Crippen LogP contribution in [0, 0.1) is 12.3 Å². The molecule has 1 rings (SSSR count). The molecule has 0 radical (unpaired) electrons. The summed E-state index contributed by atoms with van der Waals surface area (Å²) in [6.45, 7) is 1.62. The molecule has 0 aliphatic carbocycles. The van der Waals surface area contributed by atoms with E-state index in [0.29, 0.717) is 25.8 Å². The summed E-state index contributed by atoms with van der Waals surface area (Å²) in [5.41, 5.74) is 0.862. The molecular weight excluding hydrogens is 338 g/mol. The molecule has 134 valence electrons. The maximum absolute atomic E-state index is 12.1. The highest BCUT2D eigenvalue weighted by molar-refractivity contribution is 7.91. The van der Waals surface area contributed by atoms with Gasteiger partial charge in [-0.05, 0) is 24.1 Å². The van der Waals surface area contributed by atoms with E-state index < -0.39 is 15.8 Å². The molecule has 0 heterocycles. The van der Waals surface area contributed by atoms with E-state index in [1.165, 1.54) is 6.92 Å². The van der Waals surface area contributed by atoms with Crippen LogP contribution in [0.15, 0.2) is 45.7 Å². The minimum atomic E-state index is -3.22. The Kier molecular flexibility index (Phi) is 8.05. The minimum absolute atomic E-state index is 0.0173. The number of nitrogens with two attached hydrogens (primary N) is 1. The van der Waals surface area contributed by atoms with Crippen LogP contribution in [0.5, 0.6) is 0 Å². The van der Waals surface area contributed by atoms with E-state index in [9.17, 15) is 13.8 Å². The van der Waals surface area contributed by atoms with Crippen LogP contribution in [-0.2, 0) is 26.0 Å². The normalized spacial score (nSPS) is 13.0. The van der Waals surface area contributed by atoms with Crippen molar-refractivity contribution >= 4 is 21.7 Å². The maximum Gasteiger partial charge on any atom is 0.251 e. The zero-order valence-corrected chi connectivity index (χ0v) is 15.3. The lowest BCUT2D eigenvalue weighted by Gasteiger charge is -2.17. The molecule has 1 aromatic rings. The molecule has 0 saturated heterocycles. The van der Waals surface area contributed by atoms with E-state index in [-0.39, 0.29) is 10.8 Å². The standard InChI is InChI=1S/C18H23N3O3S/c1-4-5-6-7-8-9-18(23)21(3)14-16-10-12-17(13-11-16)25(19,24)20-15(2)22/h1,6-7,10-13H,5,8-9,14H2,2-3H3,(H2,19,20,22,24)/b7-6+. The summed E-state index contributed by atoms with van der Waals surface area (Å²) in [6, 6.07) is 6.55. The predicted octanol–water partition coefficient (Wildman–Crippen LogP) is 2.25. The van der Waals surface area contributed by atoms with Gasteiger partial charge in [-0.15, -0.1) is 16.7 Å². The predicted molar refractivity (Wildman–Crippen MR) is 98.4 cm³/mol. The Bertz CT molecular complexity index is 798. The van der Waals surface area contributed by atoms with Gasteiger partial charge in [-0.2, -0.15) is 0 Å². The number of carbonyl (C=O) groups is 2. The van der Waals surface area contributed by atoms with Gasteiger partial charge in [0.25, 0.3) is 5.91 Å². The molecule has 25 heavy (non-hydrogen) atoms. The van der Waals surface area contributed by atoms with Crippen LogP contribution >= 0.6 is 0 Å². The number of allylic oxidation sites excluding steroid dienone is 2. The van der Waals surface area contributed by atoms with Crippen molar-refractivity contribution in [2.24, 2.45) is 9.50 Å². The van der Waals surface area contributed by atoms with E-state index in [0.717, 1.165) is 5.56 Å². The summed E-state index contributed by atoms with van der Waals surface area (Å²) in [4.78, 5) is 24.9. The van der Waals surface area contributed by atoms with E-state index in [2.05, 4.69) is 10.3 Å². The van der Waals surface area contributed by atoms with Gasteiger partial charge in [0.2, 0.25) is 5.91 Å². The summed E-state index contributed by atoms with van der Waals surface area (Å²) < 4.78 is 15.6. The summed E-state index contributed by atoms with van der Waals surface area (Å²) in [5.74, 6) is 1.93. The molecule has 0 bridgehead atoms. The molecule has 2 N–H and O–H groups in total. The fourth-order valence-corrected chi connectivity index (χ4v) is 3.08. The van der Waals surface area contributed by atoms with Crippen molar-refractivity contribution in [2.45, 2.75) is 37.6 Å². The fraction of sp³-hybridized carbons (Fsp3) is 0.333. The smallest absolute Gasteiger partial charge is 0.251 e. The number of hydrogen-bond acceptors (Lipinski definition) is 3. The second kappa shape index (κ2) is 9.77. The van der Waals surface area contributed by atoms with Crippen LogP contribution in [0.3, 0.4) is 0 Å². The monoisotopic (exact) mass is 361 g/mol. The van der Waals surface area contributed by atoms with Crippen LogP contribution in [0.1, 0.15) is 31.7 Å². The van der Waals surface area contributed by atoms with Crippen molar-refractivity contribution in [3.8, 4) is 12.3 Å². The summed E-state index contributed by atoms with van der Waals surface area (Å²) >= 11 is 0. The van der Waals surface area contributed by atoms with Crippen molar-refractivity contribution in [1.29, 1.82) is 0 Å². The first-order valence-corrected chi connectivity index (χ1v) is 9.31. The van der Waals surface area contributed by atoms with Crippen molar-refractivity contribution in [3.63, 3.8) is 0 Å². The number of rotatable bonds is 7. The first-order chi connectivity index (χ1) is 11.8. The average molecular weight is 361 g/mol. The first kappa shape index (κ1) is 20.6. The van der Waals surface area contributed by atoms with Crippen LogP contribution in [-0.4, -0.2) is 28.0 Å². The zero-order valence-electron chi connectivity index (χ0n) is 14.5. The van der Waals surface area contributed by atoms with E-state index >= 15 is 0 Å².